The number of nitrogens with one attached hydrogen (secondary N) is 1. The van der Waals surface area contributed by atoms with Crippen molar-refractivity contribution in [3.05, 3.63) is 66.2 Å². The number of ether oxygens (including phenoxy) is 1. The lowest BCUT2D eigenvalue weighted by atomic mass is 10.1. The molecule has 0 saturated heterocycles. The standard InChI is InChI=1S/C26H36N6O5/c1-7-8-19(30-23(16(2)3)24(28)29-17(4)27)15-32(5)20-11-9-18(10-12-20)25(35)31-21(26(36)37-6)13-14-22(33)34/h8-12,21H,2,4,7,13-15,27H2,1,3,5-6H3,(H2,28,29)(H,31,35)(H,33,34)/b19-8-,30-23?. The van der Waals surface area contributed by atoms with Gasteiger partial charge < -0.3 is 31.5 Å². The highest BCUT2D eigenvalue weighted by Crippen LogP contribution is 2.17. The number of hydrogen-bond donors (Lipinski definition) is 4. The van der Waals surface area contributed by atoms with E-state index >= 15 is 0 Å². The van der Waals surface area contributed by atoms with Crippen molar-refractivity contribution in [3.63, 3.8) is 0 Å². The van der Waals surface area contributed by atoms with Crippen molar-refractivity contribution in [1.82, 2.24) is 5.32 Å². The van der Waals surface area contributed by atoms with Crippen LogP contribution in [0.4, 0.5) is 5.69 Å². The first-order chi connectivity index (χ1) is 17.4. The number of hydrogen-bond acceptors (Lipinski definition) is 8. The topological polar surface area (TPSA) is 173 Å². The molecule has 1 rings (SSSR count). The number of esters is 1. The highest BCUT2D eigenvalue weighted by molar-refractivity contribution is 6.47. The number of nitrogens with zero attached hydrogens (tertiary/aromatic N) is 3. The van der Waals surface area contributed by atoms with E-state index < -0.39 is 23.9 Å². The Morgan fingerprint density at radius 2 is 1.81 bits per heavy atom. The van der Waals surface area contributed by atoms with E-state index in [4.69, 9.17) is 16.6 Å². The minimum atomic E-state index is -1.08. The lowest BCUT2D eigenvalue weighted by Crippen LogP contribution is -2.41. The van der Waals surface area contributed by atoms with Gasteiger partial charge in [-0.15, -0.1) is 0 Å². The lowest BCUT2D eigenvalue weighted by Gasteiger charge is -2.21. The molecule has 0 radical (unpaired) electrons. The summed E-state index contributed by atoms with van der Waals surface area (Å²) in [6.07, 6.45) is 2.32. The minimum Gasteiger partial charge on any atom is -0.481 e. The number of aliphatic imine (C=N–C) groups is 2. The van der Waals surface area contributed by atoms with E-state index in [1.54, 1.807) is 31.2 Å². The van der Waals surface area contributed by atoms with Crippen molar-refractivity contribution < 1.29 is 24.2 Å². The molecule has 0 aliphatic rings. The summed E-state index contributed by atoms with van der Waals surface area (Å²) < 4.78 is 4.66. The van der Waals surface area contributed by atoms with Gasteiger partial charge in [-0.25, -0.2) is 14.8 Å². The monoisotopic (exact) mass is 512 g/mol. The molecule has 0 fully saturated rings. The number of carbonyl (C=O) groups excluding carboxylic acids is 2. The van der Waals surface area contributed by atoms with E-state index in [9.17, 15) is 14.4 Å². The molecule has 11 nitrogen and oxygen atoms in total. The second-order valence-corrected chi connectivity index (χ2v) is 8.22. The van der Waals surface area contributed by atoms with Crippen LogP contribution in [0.3, 0.4) is 0 Å². The molecule has 1 amide bonds. The smallest absolute Gasteiger partial charge is 0.328 e. The first kappa shape index (κ1) is 30.6. The number of carboxylic acid groups (broad SMARTS) is 1. The maximum atomic E-state index is 12.6. The van der Waals surface area contributed by atoms with Crippen LogP contribution in [0.2, 0.25) is 0 Å². The number of rotatable bonds is 14. The lowest BCUT2D eigenvalue weighted by molar-refractivity contribution is -0.143. The Kier molecular flexibility index (Phi) is 12.3. The molecule has 1 unspecified atom stereocenters. The third-order valence-electron chi connectivity index (χ3n) is 5.01. The van der Waals surface area contributed by atoms with Gasteiger partial charge in [0.1, 0.15) is 17.6 Å². The molecule has 200 valence electrons. The van der Waals surface area contributed by atoms with Crippen molar-refractivity contribution in [2.75, 3.05) is 25.6 Å². The normalized spacial score (nSPS) is 12.9. The Morgan fingerprint density at radius 1 is 1.19 bits per heavy atom. The van der Waals surface area contributed by atoms with E-state index in [2.05, 4.69) is 33.2 Å². The van der Waals surface area contributed by atoms with Gasteiger partial charge in [-0.2, -0.15) is 0 Å². The van der Waals surface area contributed by atoms with Gasteiger partial charge in [-0.3, -0.25) is 9.59 Å². The maximum absolute atomic E-state index is 12.6. The molecule has 0 spiro atoms. The molecule has 0 aromatic heterocycles. The van der Waals surface area contributed by atoms with E-state index in [1.807, 2.05) is 24.9 Å². The van der Waals surface area contributed by atoms with Gasteiger partial charge in [-0.1, -0.05) is 26.2 Å². The van der Waals surface area contributed by atoms with Gasteiger partial charge in [-0.05, 0) is 49.6 Å². The molecule has 1 atom stereocenters. The highest BCUT2D eigenvalue weighted by Gasteiger charge is 2.23. The van der Waals surface area contributed by atoms with Crippen LogP contribution in [-0.4, -0.2) is 61.2 Å². The van der Waals surface area contributed by atoms with Gasteiger partial charge in [0.25, 0.3) is 5.91 Å². The molecule has 0 aliphatic heterocycles. The molecule has 0 bridgehead atoms. The number of likely N-dealkylation sites (N-methyl/N-ethyl adjacent to an activating group) is 1. The van der Waals surface area contributed by atoms with Crippen LogP contribution in [0, 0.1) is 0 Å². The molecular formula is C26H36N6O5. The van der Waals surface area contributed by atoms with Crippen molar-refractivity contribution in [3.8, 4) is 0 Å². The van der Waals surface area contributed by atoms with Crippen LogP contribution in [0.5, 0.6) is 0 Å². The molecule has 6 N–H and O–H groups in total. The predicted octanol–water partition coefficient (Wildman–Crippen LogP) is 2.36. The molecule has 1 aromatic rings. The van der Waals surface area contributed by atoms with Gasteiger partial charge in [0.05, 0.1) is 19.4 Å². The van der Waals surface area contributed by atoms with Gasteiger partial charge in [0, 0.05) is 24.7 Å². The number of carbonyl (C=O) groups is 3. The zero-order valence-electron chi connectivity index (χ0n) is 21.8. The zero-order chi connectivity index (χ0) is 28.1. The number of amides is 1. The first-order valence-corrected chi connectivity index (χ1v) is 11.5. The third kappa shape index (κ3) is 10.4. The first-order valence-electron chi connectivity index (χ1n) is 11.5. The number of anilines is 1. The highest BCUT2D eigenvalue weighted by atomic mass is 16.5. The Labute approximate surface area is 217 Å². The Morgan fingerprint density at radius 3 is 2.30 bits per heavy atom. The fourth-order valence-corrected chi connectivity index (χ4v) is 3.21. The number of carboxylic acids is 1. The predicted molar refractivity (Wildman–Crippen MR) is 145 cm³/mol. The maximum Gasteiger partial charge on any atom is 0.328 e. The Balaban J connectivity index is 3.05. The number of nitrogens with two attached hydrogens (primary N) is 2. The van der Waals surface area contributed by atoms with Gasteiger partial charge >= 0.3 is 11.9 Å². The van der Waals surface area contributed by atoms with Gasteiger partial charge in [0.2, 0.25) is 0 Å². The summed E-state index contributed by atoms with van der Waals surface area (Å²) in [5.41, 5.74) is 14.4. The average molecular weight is 513 g/mol. The van der Waals surface area contributed by atoms with Crippen LogP contribution in [0.25, 0.3) is 0 Å². The van der Waals surface area contributed by atoms with Crippen LogP contribution in [-0.2, 0) is 14.3 Å². The van der Waals surface area contributed by atoms with Crippen molar-refractivity contribution in [2.45, 2.75) is 39.2 Å². The van der Waals surface area contributed by atoms with Crippen LogP contribution < -0.4 is 21.7 Å². The largest absolute Gasteiger partial charge is 0.481 e. The van der Waals surface area contributed by atoms with Crippen LogP contribution >= 0.6 is 0 Å². The summed E-state index contributed by atoms with van der Waals surface area (Å²) in [7, 11) is 3.04. The molecule has 11 heteroatoms. The number of amidine groups is 1. The van der Waals surface area contributed by atoms with Crippen LogP contribution in [0.15, 0.2) is 70.6 Å². The summed E-state index contributed by atoms with van der Waals surface area (Å²) >= 11 is 0. The minimum absolute atomic E-state index is 0.0634. The quantitative estimate of drug-likeness (QED) is 0.167. The molecule has 0 heterocycles. The van der Waals surface area contributed by atoms with Crippen LogP contribution in [0.1, 0.15) is 43.5 Å². The Bertz CT molecular complexity index is 1100. The zero-order valence-corrected chi connectivity index (χ0v) is 21.8. The molecule has 0 saturated carbocycles. The van der Waals surface area contributed by atoms with Crippen molar-refractivity contribution in [2.24, 2.45) is 21.5 Å². The SMILES string of the molecule is C=C(N)N=C(N)C(=N/C(=C\CC)CN(C)c1ccc(C(=O)NC(CCC(=O)O)C(=O)OC)cc1)C(=C)C. The van der Waals surface area contributed by atoms with Crippen molar-refractivity contribution in [1.29, 1.82) is 0 Å². The molecular weight excluding hydrogens is 476 g/mol. The number of allylic oxidation sites excluding steroid dienone is 1. The fourth-order valence-electron chi connectivity index (χ4n) is 3.21. The van der Waals surface area contributed by atoms with Crippen molar-refractivity contribution >= 4 is 35.1 Å². The molecule has 0 aliphatic carbocycles. The second-order valence-electron chi connectivity index (χ2n) is 8.22. The Hall–Kier alpha value is -4.41. The summed E-state index contributed by atoms with van der Waals surface area (Å²) in [4.78, 5) is 46.0. The molecule has 37 heavy (non-hydrogen) atoms. The van der Waals surface area contributed by atoms with Gasteiger partial charge in [0.15, 0.2) is 5.84 Å². The number of benzene rings is 1. The third-order valence-corrected chi connectivity index (χ3v) is 5.01. The second kappa shape index (κ2) is 14.9. The van der Waals surface area contributed by atoms with E-state index in [0.29, 0.717) is 23.4 Å². The average Bonchev–Trinajstić information content (AvgIpc) is 2.83. The van der Waals surface area contributed by atoms with E-state index in [0.717, 1.165) is 17.8 Å². The summed E-state index contributed by atoms with van der Waals surface area (Å²) in [6.45, 7) is 11.6. The summed E-state index contributed by atoms with van der Waals surface area (Å²) in [5.74, 6) is -2.13. The number of methoxy groups -OCH3 is 1. The molecule has 1 aromatic carbocycles. The number of aliphatic carboxylic acids is 1. The fraction of sp³-hybridized carbons (Fsp3) is 0.346. The summed E-state index contributed by atoms with van der Waals surface area (Å²) in [6, 6.07) is 5.65. The van der Waals surface area contributed by atoms with E-state index in [-0.39, 0.29) is 24.5 Å². The van der Waals surface area contributed by atoms with E-state index in [1.165, 1.54) is 7.11 Å². The summed E-state index contributed by atoms with van der Waals surface area (Å²) in [5, 5.41) is 11.4.